The molecule has 1 saturated heterocycles. The number of hydrogen-bond donors (Lipinski definition) is 4. The number of anilines is 2. The molecule has 4 N–H and O–H groups in total. The number of hydrogen-bond acceptors (Lipinski definition) is 8. The summed E-state index contributed by atoms with van der Waals surface area (Å²) in [5.41, 5.74) is 6.75. The molecule has 1 atom stereocenters. The fourth-order valence-electron chi connectivity index (χ4n) is 3.49. The number of carbonyl (C=O) groups is 1. The van der Waals surface area contributed by atoms with Gasteiger partial charge in [-0.3, -0.25) is 20.3 Å². The molecule has 3 aromatic rings. The van der Waals surface area contributed by atoms with Crippen LogP contribution in [0.5, 0.6) is 0 Å². The number of aromatic amines is 1. The monoisotopic (exact) mass is 408 g/mol. The number of benzene rings is 1. The standard InChI is InChI=1S/C19H20N8OS/c28-17(23-15-11-21-4-3-16(15)27-7-5-20-6-8-27)19-26-25-18(29-19)12-1-2-14-13(9-12)10-22-24-14/h1-4,9-11,18,20,25H,5-8H2,(H,22,24)(H,23,28). The second kappa shape index (κ2) is 7.72. The fraction of sp³-hybridized carbons (Fsp3) is 0.263. The summed E-state index contributed by atoms with van der Waals surface area (Å²) in [5, 5.41) is 18.9. The zero-order chi connectivity index (χ0) is 19.6. The molecule has 2 aliphatic rings. The van der Waals surface area contributed by atoms with Crippen LogP contribution in [-0.2, 0) is 4.79 Å². The molecule has 0 aliphatic carbocycles. The summed E-state index contributed by atoms with van der Waals surface area (Å²) >= 11 is 1.40. The van der Waals surface area contributed by atoms with Crippen LogP contribution >= 0.6 is 11.8 Å². The zero-order valence-corrected chi connectivity index (χ0v) is 16.4. The SMILES string of the molecule is O=C(Nc1cnccc1N1CCNCC1)C1=NNC(c2ccc3[nH]ncc3c2)S1. The van der Waals surface area contributed by atoms with Gasteiger partial charge >= 0.3 is 0 Å². The number of nitrogens with zero attached hydrogens (tertiary/aromatic N) is 4. The van der Waals surface area contributed by atoms with Gasteiger partial charge in [0.2, 0.25) is 0 Å². The molecule has 10 heteroatoms. The maximum absolute atomic E-state index is 12.8. The van der Waals surface area contributed by atoms with Gasteiger partial charge in [-0.15, -0.1) is 0 Å². The van der Waals surface area contributed by atoms with Gasteiger partial charge in [0.25, 0.3) is 5.91 Å². The lowest BCUT2D eigenvalue weighted by atomic mass is 10.1. The maximum Gasteiger partial charge on any atom is 0.282 e. The van der Waals surface area contributed by atoms with E-state index < -0.39 is 0 Å². The quantitative estimate of drug-likeness (QED) is 0.520. The van der Waals surface area contributed by atoms with Crippen molar-refractivity contribution in [3.63, 3.8) is 0 Å². The highest BCUT2D eigenvalue weighted by Crippen LogP contribution is 2.34. The Labute approximate surface area is 171 Å². The number of hydrazone groups is 1. The highest BCUT2D eigenvalue weighted by atomic mass is 32.2. The van der Waals surface area contributed by atoms with Crippen LogP contribution in [0.1, 0.15) is 10.9 Å². The molecule has 1 amide bonds. The lowest BCUT2D eigenvalue weighted by molar-refractivity contribution is -0.110. The largest absolute Gasteiger partial charge is 0.367 e. The number of pyridine rings is 1. The van der Waals surface area contributed by atoms with Gasteiger partial charge in [0.15, 0.2) is 5.04 Å². The van der Waals surface area contributed by atoms with Gasteiger partial charge < -0.3 is 15.5 Å². The summed E-state index contributed by atoms with van der Waals surface area (Å²) in [6.45, 7) is 3.63. The van der Waals surface area contributed by atoms with E-state index in [1.807, 2.05) is 24.3 Å². The van der Waals surface area contributed by atoms with Crippen LogP contribution in [0.3, 0.4) is 0 Å². The second-order valence-corrected chi connectivity index (χ2v) is 7.94. The third-order valence-corrected chi connectivity index (χ3v) is 6.09. The minimum atomic E-state index is -0.237. The predicted molar refractivity (Wildman–Crippen MR) is 115 cm³/mol. The molecule has 0 radical (unpaired) electrons. The molecule has 148 valence electrons. The molecule has 0 bridgehead atoms. The Kier molecular flexibility index (Phi) is 4.78. The first-order chi connectivity index (χ1) is 14.3. The van der Waals surface area contributed by atoms with Crippen molar-refractivity contribution >= 4 is 45.0 Å². The van der Waals surface area contributed by atoms with Crippen LogP contribution in [0.2, 0.25) is 0 Å². The molecular formula is C19H20N8OS. The van der Waals surface area contributed by atoms with Crippen molar-refractivity contribution in [1.29, 1.82) is 0 Å². The van der Waals surface area contributed by atoms with Crippen molar-refractivity contribution in [2.45, 2.75) is 5.37 Å². The fourth-order valence-corrected chi connectivity index (χ4v) is 4.37. The molecule has 1 fully saturated rings. The topological polar surface area (TPSA) is 110 Å². The van der Waals surface area contributed by atoms with E-state index in [9.17, 15) is 4.79 Å². The van der Waals surface area contributed by atoms with Crippen LogP contribution in [-0.4, -0.2) is 52.3 Å². The van der Waals surface area contributed by atoms with E-state index >= 15 is 0 Å². The van der Waals surface area contributed by atoms with Crippen molar-refractivity contribution in [1.82, 2.24) is 25.9 Å². The highest BCUT2D eigenvalue weighted by molar-refractivity contribution is 8.16. The highest BCUT2D eigenvalue weighted by Gasteiger charge is 2.27. The van der Waals surface area contributed by atoms with E-state index in [0.29, 0.717) is 10.7 Å². The van der Waals surface area contributed by atoms with Gasteiger partial charge in [0.1, 0.15) is 5.37 Å². The zero-order valence-electron chi connectivity index (χ0n) is 15.6. The Hall–Kier alpha value is -3.11. The molecule has 5 rings (SSSR count). The van der Waals surface area contributed by atoms with Crippen LogP contribution < -0.4 is 21.0 Å². The van der Waals surface area contributed by atoms with Crippen molar-refractivity contribution in [2.24, 2.45) is 5.10 Å². The smallest absolute Gasteiger partial charge is 0.282 e. The average Bonchev–Trinajstić information content (AvgIpc) is 3.44. The van der Waals surface area contributed by atoms with Gasteiger partial charge in [-0.25, -0.2) is 0 Å². The van der Waals surface area contributed by atoms with E-state index in [4.69, 9.17) is 0 Å². The van der Waals surface area contributed by atoms with Crippen LogP contribution in [0.4, 0.5) is 11.4 Å². The third-order valence-electron chi connectivity index (χ3n) is 4.98. The number of amides is 1. The molecule has 2 aliphatic heterocycles. The van der Waals surface area contributed by atoms with Gasteiger partial charge in [-0.2, -0.15) is 10.2 Å². The van der Waals surface area contributed by atoms with Crippen molar-refractivity contribution < 1.29 is 4.79 Å². The number of H-pyrrole nitrogens is 1. The number of nitrogens with one attached hydrogen (secondary N) is 4. The summed E-state index contributed by atoms with van der Waals surface area (Å²) in [7, 11) is 0. The Balaban J connectivity index is 1.28. The van der Waals surface area contributed by atoms with Crippen LogP contribution in [0.15, 0.2) is 48.0 Å². The maximum atomic E-state index is 12.8. The summed E-state index contributed by atoms with van der Waals surface area (Å²) < 4.78 is 0. The first kappa shape index (κ1) is 18.0. The Morgan fingerprint density at radius 1 is 1.21 bits per heavy atom. The van der Waals surface area contributed by atoms with E-state index in [1.165, 1.54) is 11.8 Å². The molecule has 0 spiro atoms. The number of thioether (sulfide) groups is 1. The molecule has 2 aromatic heterocycles. The predicted octanol–water partition coefficient (Wildman–Crippen LogP) is 1.65. The molecule has 9 nitrogen and oxygen atoms in total. The van der Waals surface area contributed by atoms with Gasteiger partial charge in [-0.1, -0.05) is 17.8 Å². The number of fused-ring (bicyclic) bond motifs is 1. The van der Waals surface area contributed by atoms with Crippen LogP contribution in [0, 0.1) is 0 Å². The Morgan fingerprint density at radius 3 is 3.00 bits per heavy atom. The van der Waals surface area contributed by atoms with Crippen molar-refractivity contribution in [2.75, 3.05) is 36.4 Å². The van der Waals surface area contributed by atoms with Crippen LogP contribution in [0.25, 0.3) is 10.9 Å². The van der Waals surface area contributed by atoms with E-state index in [2.05, 4.69) is 41.2 Å². The summed E-state index contributed by atoms with van der Waals surface area (Å²) in [4.78, 5) is 19.2. The van der Waals surface area contributed by atoms with Gasteiger partial charge in [0.05, 0.1) is 29.3 Å². The first-order valence-corrected chi connectivity index (χ1v) is 10.3. The van der Waals surface area contributed by atoms with Gasteiger partial charge in [0, 0.05) is 37.8 Å². The summed E-state index contributed by atoms with van der Waals surface area (Å²) in [6, 6.07) is 7.97. The number of aromatic nitrogens is 3. The van der Waals surface area contributed by atoms with Crippen molar-refractivity contribution in [3.8, 4) is 0 Å². The Bertz CT molecular complexity index is 1070. The summed E-state index contributed by atoms with van der Waals surface area (Å²) in [6.07, 6.45) is 5.22. The number of carbonyl (C=O) groups excluding carboxylic acids is 1. The molecule has 4 heterocycles. The Morgan fingerprint density at radius 2 is 2.10 bits per heavy atom. The van der Waals surface area contributed by atoms with E-state index in [0.717, 1.165) is 48.3 Å². The minimum Gasteiger partial charge on any atom is -0.367 e. The average molecular weight is 408 g/mol. The molecule has 1 aromatic carbocycles. The second-order valence-electron chi connectivity index (χ2n) is 6.84. The number of piperazine rings is 1. The lowest BCUT2D eigenvalue weighted by Crippen LogP contribution is -2.43. The first-order valence-electron chi connectivity index (χ1n) is 9.42. The molecular weight excluding hydrogens is 388 g/mol. The molecule has 29 heavy (non-hydrogen) atoms. The number of rotatable bonds is 4. The third kappa shape index (κ3) is 3.64. The lowest BCUT2D eigenvalue weighted by Gasteiger charge is -2.30. The normalized spacial score (nSPS) is 19.1. The minimum absolute atomic E-state index is 0.114. The van der Waals surface area contributed by atoms with Gasteiger partial charge in [-0.05, 0) is 23.8 Å². The van der Waals surface area contributed by atoms with E-state index in [-0.39, 0.29) is 11.3 Å². The molecule has 1 unspecified atom stereocenters. The van der Waals surface area contributed by atoms with E-state index in [1.54, 1.807) is 18.6 Å². The molecule has 0 saturated carbocycles. The van der Waals surface area contributed by atoms with Crippen molar-refractivity contribution in [3.05, 3.63) is 48.4 Å². The summed E-state index contributed by atoms with van der Waals surface area (Å²) in [5.74, 6) is -0.237.